The minimum atomic E-state index is -4.61. The molecule has 0 aliphatic heterocycles. The van der Waals surface area contributed by atoms with Gasteiger partial charge in [-0.2, -0.15) is 13.2 Å². The van der Waals surface area contributed by atoms with Crippen LogP contribution >= 0.6 is 0 Å². The van der Waals surface area contributed by atoms with Crippen molar-refractivity contribution in [1.82, 2.24) is 0 Å². The van der Waals surface area contributed by atoms with E-state index in [1.807, 2.05) is 31.2 Å². The van der Waals surface area contributed by atoms with Gasteiger partial charge in [-0.05, 0) is 54.4 Å². The van der Waals surface area contributed by atoms with Gasteiger partial charge in [0.15, 0.2) is 0 Å². The molecule has 3 aromatic carbocycles. The highest BCUT2D eigenvalue weighted by Gasteiger charge is 2.33. The van der Waals surface area contributed by atoms with Gasteiger partial charge in [-0.3, -0.25) is 9.10 Å². The standard InChI is InChI=1S/C23H21F3N2O3S/c1-16-7-3-4-8-18(16)15-28(32(2,30)31)19-13-11-17(12-14-19)22(29)27-21-10-6-5-9-20(21)23(24,25)26/h3-14H,15H2,1-2H3,(H,27,29). The molecule has 0 aromatic heterocycles. The first kappa shape index (κ1) is 23.3. The second-order valence-corrected chi connectivity index (χ2v) is 9.15. The number of rotatable bonds is 6. The second-order valence-electron chi connectivity index (χ2n) is 7.24. The van der Waals surface area contributed by atoms with Crippen molar-refractivity contribution in [3.63, 3.8) is 0 Å². The Labute approximate surface area is 184 Å². The summed E-state index contributed by atoms with van der Waals surface area (Å²) >= 11 is 0. The van der Waals surface area contributed by atoms with E-state index in [9.17, 15) is 26.4 Å². The first-order valence-corrected chi connectivity index (χ1v) is 11.4. The minimum Gasteiger partial charge on any atom is -0.321 e. The Bertz CT molecular complexity index is 1220. The molecule has 0 heterocycles. The van der Waals surface area contributed by atoms with E-state index in [-0.39, 0.29) is 17.8 Å². The zero-order chi connectivity index (χ0) is 23.5. The van der Waals surface area contributed by atoms with Crippen LogP contribution in [0.25, 0.3) is 0 Å². The monoisotopic (exact) mass is 462 g/mol. The molecule has 0 saturated heterocycles. The van der Waals surface area contributed by atoms with Gasteiger partial charge >= 0.3 is 6.18 Å². The van der Waals surface area contributed by atoms with Crippen molar-refractivity contribution >= 4 is 27.3 Å². The number of nitrogens with one attached hydrogen (secondary N) is 1. The summed E-state index contributed by atoms with van der Waals surface area (Å²) in [6.45, 7) is 1.98. The van der Waals surface area contributed by atoms with E-state index in [2.05, 4.69) is 5.32 Å². The lowest BCUT2D eigenvalue weighted by Gasteiger charge is -2.23. The summed E-state index contributed by atoms with van der Waals surface area (Å²) in [7, 11) is -3.63. The van der Waals surface area contributed by atoms with E-state index in [0.717, 1.165) is 23.4 Å². The zero-order valence-electron chi connectivity index (χ0n) is 17.3. The van der Waals surface area contributed by atoms with E-state index in [4.69, 9.17) is 0 Å². The van der Waals surface area contributed by atoms with Gasteiger partial charge in [-0.25, -0.2) is 8.42 Å². The molecule has 9 heteroatoms. The molecule has 0 fully saturated rings. The normalized spacial score (nSPS) is 11.8. The number of nitrogens with zero attached hydrogens (tertiary/aromatic N) is 1. The van der Waals surface area contributed by atoms with Gasteiger partial charge in [0.25, 0.3) is 5.91 Å². The third-order valence-electron chi connectivity index (χ3n) is 4.87. The molecule has 1 amide bonds. The van der Waals surface area contributed by atoms with Gasteiger partial charge in [-0.15, -0.1) is 0 Å². The van der Waals surface area contributed by atoms with Crippen LogP contribution in [0.1, 0.15) is 27.0 Å². The summed E-state index contributed by atoms with van der Waals surface area (Å²) in [6.07, 6.45) is -3.53. The quantitative estimate of drug-likeness (QED) is 0.545. The van der Waals surface area contributed by atoms with Crippen LogP contribution < -0.4 is 9.62 Å². The SMILES string of the molecule is Cc1ccccc1CN(c1ccc(C(=O)Nc2ccccc2C(F)(F)F)cc1)S(C)(=O)=O. The van der Waals surface area contributed by atoms with E-state index in [1.54, 1.807) is 0 Å². The van der Waals surface area contributed by atoms with Crippen LogP contribution in [-0.2, 0) is 22.7 Å². The number of sulfonamides is 1. The number of alkyl halides is 3. The molecule has 0 aliphatic carbocycles. The third-order valence-corrected chi connectivity index (χ3v) is 6.01. The zero-order valence-corrected chi connectivity index (χ0v) is 18.2. The summed E-state index contributed by atoms with van der Waals surface area (Å²) in [4.78, 5) is 12.5. The molecule has 168 valence electrons. The molecule has 0 atom stereocenters. The van der Waals surface area contributed by atoms with Crippen molar-refractivity contribution in [2.45, 2.75) is 19.6 Å². The number of amides is 1. The van der Waals surface area contributed by atoms with Crippen LogP contribution in [0.4, 0.5) is 24.5 Å². The highest BCUT2D eigenvalue weighted by molar-refractivity contribution is 7.92. The van der Waals surface area contributed by atoms with E-state index in [0.29, 0.717) is 5.69 Å². The van der Waals surface area contributed by atoms with E-state index < -0.39 is 27.7 Å². The number of hydrogen-bond donors (Lipinski definition) is 1. The predicted molar refractivity (Wildman–Crippen MR) is 118 cm³/mol. The average molecular weight is 462 g/mol. The molecular weight excluding hydrogens is 441 g/mol. The summed E-state index contributed by atoms with van der Waals surface area (Å²) in [5.74, 6) is -0.738. The lowest BCUT2D eigenvalue weighted by molar-refractivity contribution is -0.136. The highest BCUT2D eigenvalue weighted by atomic mass is 32.2. The van der Waals surface area contributed by atoms with Crippen molar-refractivity contribution in [3.05, 3.63) is 95.1 Å². The van der Waals surface area contributed by atoms with Gasteiger partial charge in [0.05, 0.1) is 29.7 Å². The van der Waals surface area contributed by atoms with Gasteiger partial charge in [-0.1, -0.05) is 36.4 Å². The van der Waals surface area contributed by atoms with Gasteiger partial charge < -0.3 is 5.32 Å². The number of carbonyl (C=O) groups is 1. The van der Waals surface area contributed by atoms with Crippen LogP contribution in [-0.4, -0.2) is 20.6 Å². The van der Waals surface area contributed by atoms with Crippen LogP contribution in [0, 0.1) is 6.92 Å². The molecule has 0 spiro atoms. The van der Waals surface area contributed by atoms with Gasteiger partial charge in [0.1, 0.15) is 0 Å². The topological polar surface area (TPSA) is 66.5 Å². The van der Waals surface area contributed by atoms with Crippen molar-refractivity contribution in [1.29, 1.82) is 0 Å². The lowest BCUT2D eigenvalue weighted by atomic mass is 10.1. The summed E-state index contributed by atoms with van der Waals surface area (Å²) < 4.78 is 65.4. The molecular formula is C23H21F3N2O3S. The average Bonchev–Trinajstić information content (AvgIpc) is 2.72. The maximum Gasteiger partial charge on any atom is 0.418 e. The van der Waals surface area contributed by atoms with Crippen molar-refractivity contribution < 1.29 is 26.4 Å². The van der Waals surface area contributed by atoms with Crippen LogP contribution in [0.2, 0.25) is 0 Å². The minimum absolute atomic E-state index is 0.0927. The molecule has 5 nitrogen and oxygen atoms in total. The van der Waals surface area contributed by atoms with Crippen LogP contribution in [0.15, 0.2) is 72.8 Å². The van der Waals surface area contributed by atoms with Crippen molar-refractivity contribution in [3.8, 4) is 0 Å². The molecule has 1 N–H and O–H groups in total. The molecule has 0 saturated carbocycles. The van der Waals surface area contributed by atoms with E-state index in [1.165, 1.54) is 46.8 Å². The number of benzene rings is 3. The summed E-state index contributed by atoms with van der Waals surface area (Å²) in [5, 5.41) is 2.27. The predicted octanol–water partition coefficient (Wildman–Crippen LogP) is 5.23. The lowest BCUT2D eigenvalue weighted by Crippen LogP contribution is -2.29. The van der Waals surface area contributed by atoms with Crippen molar-refractivity contribution in [2.24, 2.45) is 0 Å². The molecule has 32 heavy (non-hydrogen) atoms. The van der Waals surface area contributed by atoms with Crippen molar-refractivity contribution in [2.75, 3.05) is 15.9 Å². The second kappa shape index (κ2) is 9.04. The molecule has 0 aliphatic rings. The summed E-state index contributed by atoms with van der Waals surface area (Å²) in [5.41, 5.74) is 0.875. The third kappa shape index (κ3) is 5.47. The Balaban J connectivity index is 1.85. The number of carbonyl (C=O) groups excluding carboxylic acids is 1. The molecule has 0 bridgehead atoms. The Morgan fingerprint density at radius 3 is 2.12 bits per heavy atom. The molecule has 3 aromatic rings. The maximum atomic E-state index is 13.1. The largest absolute Gasteiger partial charge is 0.418 e. The number of anilines is 2. The smallest absolute Gasteiger partial charge is 0.321 e. The number of aryl methyl sites for hydroxylation is 1. The number of hydrogen-bond acceptors (Lipinski definition) is 3. The van der Waals surface area contributed by atoms with Crippen LogP contribution in [0.3, 0.4) is 0 Å². The first-order chi connectivity index (χ1) is 15.0. The van der Waals surface area contributed by atoms with Gasteiger partial charge in [0.2, 0.25) is 10.0 Å². The number of para-hydroxylation sites is 1. The van der Waals surface area contributed by atoms with Gasteiger partial charge in [0, 0.05) is 5.56 Å². The molecule has 0 unspecified atom stereocenters. The Kier molecular flexibility index (Phi) is 6.59. The fourth-order valence-corrected chi connectivity index (χ4v) is 4.03. The van der Waals surface area contributed by atoms with E-state index >= 15 is 0 Å². The molecule has 3 rings (SSSR count). The Morgan fingerprint density at radius 1 is 0.938 bits per heavy atom. The highest BCUT2D eigenvalue weighted by Crippen LogP contribution is 2.34. The number of halogens is 3. The Morgan fingerprint density at radius 2 is 1.53 bits per heavy atom. The fraction of sp³-hybridized carbons (Fsp3) is 0.174. The Hall–Kier alpha value is -3.33. The first-order valence-electron chi connectivity index (χ1n) is 9.56. The maximum absolute atomic E-state index is 13.1. The fourth-order valence-electron chi connectivity index (χ4n) is 3.16. The molecule has 0 radical (unpaired) electrons. The summed E-state index contributed by atoms with van der Waals surface area (Å²) in [6, 6.07) is 17.7. The van der Waals surface area contributed by atoms with Crippen LogP contribution in [0.5, 0.6) is 0 Å².